The number of carbonyl (C=O) groups is 1. The van der Waals surface area contributed by atoms with Crippen molar-refractivity contribution in [1.82, 2.24) is 0 Å². The lowest BCUT2D eigenvalue weighted by molar-refractivity contribution is -0.136. The first-order valence-corrected chi connectivity index (χ1v) is 6.94. The van der Waals surface area contributed by atoms with Crippen LogP contribution in [0, 0.1) is 11.8 Å². The Labute approximate surface area is 110 Å². The molecule has 98 valence electrons. The molecule has 0 heterocycles. The van der Waals surface area contributed by atoms with E-state index in [0.29, 0.717) is 6.42 Å². The van der Waals surface area contributed by atoms with Gasteiger partial charge in [0.25, 0.3) is 0 Å². The van der Waals surface area contributed by atoms with E-state index in [-0.39, 0.29) is 0 Å². The fraction of sp³-hybridized carbons (Fsp3) is 0.786. The molecule has 0 radical (unpaired) electrons. The molecule has 0 aliphatic heterocycles. The van der Waals surface area contributed by atoms with Crippen LogP contribution >= 0.6 is 11.6 Å². The van der Waals surface area contributed by atoms with Gasteiger partial charge < -0.3 is 5.11 Å². The molecule has 1 atom stereocenters. The summed E-state index contributed by atoms with van der Waals surface area (Å²) in [6.07, 6.45) is 9.33. The van der Waals surface area contributed by atoms with E-state index in [0.717, 1.165) is 25.7 Å². The summed E-state index contributed by atoms with van der Waals surface area (Å²) in [7, 11) is 0. The Morgan fingerprint density at radius 2 is 1.71 bits per heavy atom. The predicted octanol–water partition coefficient (Wildman–Crippen LogP) is 4.21. The summed E-state index contributed by atoms with van der Waals surface area (Å²) in [5.74, 6) is 5.29. The number of unbranched alkanes of at least 4 members (excludes halogenated alkanes) is 6. The lowest BCUT2D eigenvalue weighted by Crippen LogP contribution is -2.12. The third kappa shape index (κ3) is 11.6. The fourth-order valence-electron chi connectivity index (χ4n) is 1.58. The zero-order valence-electron chi connectivity index (χ0n) is 10.7. The van der Waals surface area contributed by atoms with Crippen molar-refractivity contribution in [2.75, 3.05) is 0 Å². The van der Waals surface area contributed by atoms with Gasteiger partial charge in [-0.15, -0.1) is 23.4 Å². The molecule has 0 amide bonds. The third-order valence-corrected chi connectivity index (χ3v) is 2.98. The van der Waals surface area contributed by atoms with Crippen molar-refractivity contribution in [3.05, 3.63) is 0 Å². The lowest BCUT2D eigenvalue weighted by atomic mass is 10.1. The molecule has 0 fully saturated rings. The number of rotatable bonds is 9. The molecule has 1 N–H and O–H groups in total. The summed E-state index contributed by atoms with van der Waals surface area (Å²) in [6, 6.07) is 0. The van der Waals surface area contributed by atoms with E-state index in [4.69, 9.17) is 16.7 Å². The van der Waals surface area contributed by atoms with Crippen molar-refractivity contribution in [2.24, 2.45) is 0 Å². The number of aliphatic carboxylic acids is 1. The lowest BCUT2D eigenvalue weighted by Gasteiger charge is -2.03. The van der Waals surface area contributed by atoms with Crippen molar-refractivity contribution in [2.45, 2.75) is 70.1 Å². The second kappa shape index (κ2) is 11.8. The molecule has 0 aliphatic rings. The number of carboxylic acid groups (broad SMARTS) is 1. The summed E-state index contributed by atoms with van der Waals surface area (Å²) in [4.78, 5) is 10.4. The van der Waals surface area contributed by atoms with Gasteiger partial charge in [-0.2, -0.15) is 0 Å². The van der Waals surface area contributed by atoms with Gasteiger partial charge in [0.05, 0.1) is 0 Å². The Balaban J connectivity index is 3.16. The highest BCUT2D eigenvalue weighted by molar-refractivity contribution is 6.29. The van der Waals surface area contributed by atoms with Crippen LogP contribution in [-0.4, -0.2) is 16.5 Å². The summed E-state index contributed by atoms with van der Waals surface area (Å²) in [6.45, 7) is 2.06. The highest BCUT2D eigenvalue weighted by Crippen LogP contribution is 2.12. The van der Waals surface area contributed by atoms with E-state index in [1.165, 1.54) is 25.7 Å². The molecule has 0 aromatic rings. The van der Waals surface area contributed by atoms with Crippen LogP contribution in [0.4, 0.5) is 0 Å². The highest BCUT2D eigenvalue weighted by atomic mass is 35.5. The number of halogens is 1. The van der Waals surface area contributed by atoms with E-state index in [9.17, 15) is 4.79 Å². The monoisotopic (exact) mass is 258 g/mol. The first-order valence-electron chi connectivity index (χ1n) is 6.51. The van der Waals surface area contributed by atoms with Crippen LogP contribution in [0.15, 0.2) is 0 Å². The topological polar surface area (TPSA) is 37.3 Å². The average Bonchev–Trinajstić information content (AvgIpc) is 2.31. The van der Waals surface area contributed by atoms with Crippen LogP contribution in [0.1, 0.15) is 64.7 Å². The Kier molecular flexibility index (Phi) is 11.3. The van der Waals surface area contributed by atoms with Crippen molar-refractivity contribution in [1.29, 1.82) is 0 Å². The SMILES string of the molecule is CCC#CCCCCCCCC[C@@H](Cl)C(=O)O. The molecule has 0 saturated heterocycles. The maximum atomic E-state index is 10.4. The van der Waals surface area contributed by atoms with Gasteiger partial charge in [0.2, 0.25) is 0 Å². The van der Waals surface area contributed by atoms with Crippen LogP contribution < -0.4 is 0 Å². The molecule has 2 nitrogen and oxygen atoms in total. The van der Waals surface area contributed by atoms with Crippen LogP contribution in [0.2, 0.25) is 0 Å². The maximum Gasteiger partial charge on any atom is 0.321 e. The molecule has 0 aromatic carbocycles. The zero-order valence-corrected chi connectivity index (χ0v) is 11.4. The van der Waals surface area contributed by atoms with Gasteiger partial charge in [-0.3, -0.25) is 4.79 Å². The summed E-state index contributed by atoms with van der Waals surface area (Å²) in [5.41, 5.74) is 0. The number of hydrogen-bond donors (Lipinski definition) is 1. The average molecular weight is 259 g/mol. The first-order chi connectivity index (χ1) is 8.18. The Hall–Kier alpha value is -0.680. The van der Waals surface area contributed by atoms with Crippen LogP contribution in [0.25, 0.3) is 0 Å². The molecule has 0 aromatic heterocycles. The van der Waals surface area contributed by atoms with Gasteiger partial charge in [0.1, 0.15) is 5.38 Å². The zero-order chi connectivity index (χ0) is 12.9. The standard InChI is InChI=1S/C14H23ClO2/c1-2-3-4-5-6-7-8-9-10-11-12-13(15)14(16)17/h13H,2,5-12H2,1H3,(H,16,17)/t13-/m1/s1. The Bertz CT molecular complexity index is 253. The smallest absolute Gasteiger partial charge is 0.321 e. The molecule has 0 unspecified atom stereocenters. The van der Waals surface area contributed by atoms with Crippen molar-refractivity contribution in [3.63, 3.8) is 0 Å². The summed E-state index contributed by atoms with van der Waals surface area (Å²) < 4.78 is 0. The molecule has 0 bridgehead atoms. The van der Waals surface area contributed by atoms with Crippen molar-refractivity contribution in [3.8, 4) is 11.8 Å². The minimum Gasteiger partial charge on any atom is -0.480 e. The molecular weight excluding hydrogens is 236 g/mol. The maximum absolute atomic E-state index is 10.4. The fourth-order valence-corrected chi connectivity index (χ4v) is 1.74. The predicted molar refractivity (Wildman–Crippen MR) is 72.3 cm³/mol. The van der Waals surface area contributed by atoms with E-state index >= 15 is 0 Å². The molecule has 0 aliphatic carbocycles. The Morgan fingerprint density at radius 3 is 2.29 bits per heavy atom. The highest BCUT2D eigenvalue weighted by Gasteiger charge is 2.11. The number of carboxylic acids is 1. The molecular formula is C14H23ClO2. The minimum absolute atomic E-state index is 0.582. The van der Waals surface area contributed by atoms with Crippen molar-refractivity contribution < 1.29 is 9.90 Å². The van der Waals surface area contributed by atoms with Crippen LogP contribution in [0.3, 0.4) is 0 Å². The van der Waals surface area contributed by atoms with Crippen LogP contribution in [0.5, 0.6) is 0 Å². The minimum atomic E-state index is -0.902. The summed E-state index contributed by atoms with van der Waals surface area (Å²) in [5, 5.41) is 7.87. The first kappa shape index (κ1) is 16.3. The van der Waals surface area contributed by atoms with E-state index < -0.39 is 11.3 Å². The van der Waals surface area contributed by atoms with Gasteiger partial charge >= 0.3 is 5.97 Å². The van der Waals surface area contributed by atoms with Crippen LogP contribution in [-0.2, 0) is 4.79 Å². The molecule has 0 saturated carbocycles. The summed E-state index contributed by atoms with van der Waals surface area (Å²) >= 11 is 5.61. The number of alkyl halides is 1. The second-order valence-electron chi connectivity index (χ2n) is 4.17. The normalized spacial score (nSPS) is 11.6. The van der Waals surface area contributed by atoms with E-state index in [2.05, 4.69) is 18.8 Å². The quantitative estimate of drug-likeness (QED) is 0.382. The van der Waals surface area contributed by atoms with E-state index in [1.54, 1.807) is 0 Å². The van der Waals surface area contributed by atoms with Crippen molar-refractivity contribution >= 4 is 17.6 Å². The number of hydrogen-bond acceptors (Lipinski definition) is 1. The molecule has 0 spiro atoms. The second-order valence-corrected chi connectivity index (χ2v) is 4.70. The third-order valence-electron chi connectivity index (χ3n) is 2.58. The van der Waals surface area contributed by atoms with Gasteiger partial charge in [0, 0.05) is 12.8 Å². The molecule has 17 heavy (non-hydrogen) atoms. The van der Waals surface area contributed by atoms with Gasteiger partial charge in [0.15, 0.2) is 0 Å². The molecule has 0 rings (SSSR count). The van der Waals surface area contributed by atoms with E-state index in [1.807, 2.05) is 0 Å². The Morgan fingerprint density at radius 1 is 1.12 bits per heavy atom. The van der Waals surface area contributed by atoms with Gasteiger partial charge in [-0.1, -0.05) is 39.0 Å². The van der Waals surface area contributed by atoms with Gasteiger partial charge in [-0.25, -0.2) is 0 Å². The largest absolute Gasteiger partial charge is 0.480 e. The molecule has 3 heteroatoms. The van der Waals surface area contributed by atoms with Gasteiger partial charge in [-0.05, 0) is 12.8 Å².